The van der Waals surface area contributed by atoms with E-state index < -0.39 is 10.0 Å². The van der Waals surface area contributed by atoms with Crippen LogP contribution in [0.25, 0.3) is 0 Å². The van der Waals surface area contributed by atoms with Gasteiger partial charge < -0.3 is 0 Å². The molecule has 2 heterocycles. The lowest BCUT2D eigenvalue weighted by Crippen LogP contribution is -2.41. The van der Waals surface area contributed by atoms with E-state index in [1.165, 1.54) is 0 Å². The summed E-state index contributed by atoms with van der Waals surface area (Å²) in [6.07, 6.45) is 3.32. The molecule has 1 aliphatic heterocycles. The molecule has 1 aromatic carbocycles. The van der Waals surface area contributed by atoms with Crippen molar-refractivity contribution in [2.45, 2.75) is 43.5 Å². The lowest BCUT2D eigenvalue weighted by atomic mass is 9.90. The van der Waals surface area contributed by atoms with Gasteiger partial charge in [-0.25, -0.2) is 8.42 Å². The summed E-state index contributed by atoms with van der Waals surface area (Å²) in [4.78, 5) is 0.280. The molecule has 2 atom stereocenters. The first-order chi connectivity index (χ1) is 11.0. The van der Waals surface area contributed by atoms with E-state index in [1.54, 1.807) is 34.8 Å². The van der Waals surface area contributed by atoms with Crippen molar-refractivity contribution in [1.29, 1.82) is 0 Å². The standard InChI is InChI=1S/C16H20ClN3O2S/c1-3-11-10-20(15(4-2)14-9-18-19-16(11)14)23(21,22)13-7-5-12(17)6-8-13/h5-9,11,15H,3-4,10H2,1-2H3,(H,18,19)/t11-,15-/m0/s1. The third kappa shape index (κ3) is 2.79. The van der Waals surface area contributed by atoms with Gasteiger partial charge in [0.15, 0.2) is 0 Å². The zero-order valence-electron chi connectivity index (χ0n) is 13.2. The average Bonchev–Trinajstić information content (AvgIpc) is 3.03. The number of hydrogen-bond acceptors (Lipinski definition) is 3. The Labute approximate surface area is 141 Å². The molecule has 0 saturated carbocycles. The molecule has 2 aromatic rings. The van der Waals surface area contributed by atoms with Crippen LogP contribution in [0.1, 0.15) is 49.9 Å². The van der Waals surface area contributed by atoms with Gasteiger partial charge in [0.2, 0.25) is 10.0 Å². The smallest absolute Gasteiger partial charge is 0.243 e. The number of halogens is 1. The zero-order valence-corrected chi connectivity index (χ0v) is 14.7. The van der Waals surface area contributed by atoms with Gasteiger partial charge in [0, 0.05) is 28.7 Å². The van der Waals surface area contributed by atoms with Gasteiger partial charge in [0.25, 0.3) is 0 Å². The molecule has 124 valence electrons. The summed E-state index contributed by atoms with van der Waals surface area (Å²) in [5.41, 5.74) is 2.06. The SMILES string of the molecule is CC[C@H]1CN(S(=O)(=O)c2ccc(Cl)cc2)[C@@H](CC)c2cn[nH]c21. The molecule has 0 spiro atoms. The lowest BCUT2D eigenvalue weighted by Gasteiger charge is -2.37. The Bertz CT molecular complexity index is 786. The van der Waals surface area contributed by atoms with E-state index >= 15 is 0 Å². The molecule has 1 aliphatic rings. The van der Waals surface area contributed by atoms with Crippen LogP contribution in [0, 0.1) is 0 Å². The van der Waals surface area contributed by atoms with E-state index in [1.807, 2.05) is 6.92 Å². The summed E-state index contributed by atoms with van der Waals surface area (Å²) >= 11 is 5.88. The number of nitrogens with zero attached hydrogens (tertiary/aromatic N) is 2. The molecule has 7 heteroatoms. The maximum atomic E-state index is 13.1. The van der Waals surface area contributed by atoms with Crippen molar-refractivity contribution >= 4 is 21.6 Å². The van der Waals surface area contributed by atoms with Gasteiger partial charge in [-0.1, -0.05) is 25.4 Å². The largest absolute Gasteiger partial charge is 0.282 e. The number of fused-ring (bicyclic) bond motifs is 1. The third-order valence-electron chi connectivity index (χ3n) is 4.51. The zero-order chi connectivity index (χ0) is 16.6. The molecule has 0 unspecified atom stereocenters. The summed E-state index contributed by atoms with van der Waals surface area (Å²) < 4.78 is 27.8. The molecule has 1 N–H and O–H groups in total. The van der Waals surface area contributed by atoms with Crippen LogP contribution in [0.2, 0.25) is 5.02 Å². The van der Waals surface area contributed by atoms with Crippen LogP contribution in [-0.4, -0.2) is 29.5 Å². The van der Waals surface area contributed by atoms with Crippen molar-refractivity contribution in [2.75, 3.05) is 6.54 Å². The van der Waals surface area contributed by atoms with Gasteiger partial charge in [0.05, 0.1) is 17.1 Å². The van der Waals surface area contributed by atoms with Gasteiger partial charge in [-0.2, -0.15) is 9.40 Å². The molecule has 0 amide bonds. The van der Waals surface area contributed by atoms with Crippen LogP contribution in [-0.2, 0) is 10.0 Å². The first kappa shape index (κ1) is 16.5. The molecule has 5 nitrogen and oxygen atoms in total. The Hall–Kier alpha value is -1.37. The summed E-state index contributed by atoms with van der Waals surface area (Å²) in [7, 11) is -3.57. The molecule has 1 aromatic heterocycles. The topological polar surface area (TPSA) is 66.1 Å². The molecular weight excluding hydrogens is 334 g/mol. The number of hydrogen-bond donors (Lipinski definition) is 1. The molecule has 0 fully saturated rings. The number of benzene rings is 1. The maximum absolute atomic E-state index is 13.1. The first-order valence-electron chi connectivity index (χ1n) is 7.79. The van der Waals surface area contributed by atoms with E-state index in [0.717, 1.165) is 17.7 Å². The fourth-order valence-corrected chi connectivity index (χ4v) is 5.10. The lowest BCUT2D eigenvalue weighted by molar-refractivity contribution is 0.271. The summed E-state index contributed by atoms with van der Waals surface area (Å²) in [5.74, 6) is 0.136. The van der Waals surface area contributed by atoms with Crippen molar-refractivity contribution in [2.24, 2.45) is 0 Å². The van der Waals surface area contributed by atoms with Crippen LogP contribution >= 0.6 is 11.6 Å². The van der Waals surface area contributed by atoms with Gasteiger partial charge in [-0.05, 0) is 37.1 Å². The summed E-state index contributed by atoms with van der Waals surface area (Å²) in [6, 6.07) is 6.17. The van der Waals surface area contributed by atoms with Gasteiger partial charge in [-0.15, -0.1) is 0 Å². The Balaban J connectivity index is 2.06. The normalized spacial score (nSPS) is 22.0. The highest BCUT2D eigenvalue weighted by Crippen LogP contribution is 2.40. The highest BCUT2D eigenvalue weighted by Gasteiger charge is 2.40. The maximum Gasteiger partial charge on any atom is 0.243 e. The highest BCUT2D eigenvalue weighted by molar-refractivity contribution is 7.89. The predicted octanol–water partition coefficient (Wildman–Crippen LogP) is 3.71. The van der Waals surface area contributed by atoms with E-state index in [9.17, 15) is 8.42 Å². The number of sulfonamides is 1. The Morgan fingerprint density at radius 1 is 1.26 bits per heavy atom. The van der Waals surface area contributed by atoms with Crippen molar-refractivity contribution in [3.05, 3.63) is 46.7 Å². The number of aromatic amines is 1. The monoisotopic (exact) mass is 353 g/mol. The van der Waals surface area contributed by atoms with Crippen LogP contribution in [0.15, 0.2) is 35.4 Å². The first-order valence-corrected chi connectivity index (χ1v) is 9.61. The predicted molar refractivity (Wildman–Crippen MR) is 90.0 cm³/mol. The quantitative estimate of drug-likeness (QED) is 0.911. The minimum atomic E-state index is -3.57. The second kappa shape index (κ2) is 6.26. The molecule has 0 saturated heterocycles. The van der Waals surface area contributed by atoms with Crippen LogP contribution in [0.4, 0.5) is 0 Å². The molecular formula is C16H20ClN3O2S. The van der Waals surface area contributed by atoms with Crippen molar-refractivity contribution in [1.82, 2.24) is 14.5 Å². The number of rotatable bonds is 4. The minimum absolute atomic E-state index is 0.136. The van der Waals surface area contributed by atoms with Crippen LogP contribution in [0.3, 0.4) is 0 Å². The van der Waals surface area contributed by atoms with E-state index in [4.69, 9.17) is 11.6 Å². The minimum Gasteiger partial charge on any atom is -0.282 e. The molecule has 0 radical (unpaired) electrons. The Morgan fingerprint density at radius 3 is 2.57 bits per heavy atom. The van der Waals surface area contributed by atoms with Crippen molar-refractivity contribution in [3.8, 4) is 0 Å². The van der Waals surface area contributed by atoms with Crippen molar-refractivity contribution in [3.63, 3.8) is 0 Å². The fraction of sp³-hybridized carbons (Fsp3) is 0.438. The Kier molecular flexibility index (Phi) is 4.49. The molecule has 23 heavy (non-hydrogen) atoms. The average molecular weight is 354 g/mol. The second-order valence-electron chi connectivity index (χ2n) is 5.80. The van der Waals surface area contributed by atoms with Gasteiger partial charge >= 0.3 is 0 Å². The highest BCUT2D eigenvalue weighted by atomic mass is 35.5. The molecule has 0 aliphatic carbocycles. The van der Waals surface area contributed by atoms with Gasteiger partial charge in [0.1, 0.15) is 0 Å². The van der Waals surface area contributed by atoms with E-state index in [2.05, 4.69) is 17.1 Å². The fourth-order valence-electron chi connectivity index (χ4n) is 3.25. The number of aromatic nitrogens is 2. The molecule has 3 rings (SSSR count). The van der Waals surface area contributed by atoms with Crippen LogP contribution < -0.4 is 0 Å². The third-order valence-corrected chi connectivity index (χ3v) is 6.66. The van der Waals surface area contributed by atoms with Crippen molar-refractivity contribution < 1.29 is 8.42 Å². The number of H-pyrrole nitrogens is 1. The second-order valence-corrected chi connectivity index (χ2v) is 8.12. The van der Waals surface area contributed by atoms with E-state index in [-0.39, 0.29) is 16.9 Å². The molecule has 0 bridgehead atoms. The van der Waals surface area contributed by atoms with Gasteiger partial charge in [-0.3, -0.25) is 5.10 Å². The Morgan fingerprint density at radius 2 is 1.96 bits per heavy atom. The van der Waals surface area contributed by atoms with Crippen LogP contribution in [0.5, 0.6) is 0 Å². The number of nitrogens with one attached hydrogen (secondary N) is 1. The summed E-state index contributed by atoms with van der Waals surface area (Å²) in [6.45, 7) is 4.53. The van der Waals surface area contributed by atoms with E-state index in [0.29, 0.717) is 18.0 Å². The summed E-state index contributed by atoms with van der Waals surface area (Å²) in [5, 5.41) is 7.72.